The second-order valence-corrected chi connectivity index (χ2v) is 6.23. The summed E-state index contributed by atoms with van der Waals surface area (Å²) in [6, 6.07) is 15.8. The van der Waals surface area contributed by atoms with E-state index in [1.165, 1.54) is 6.92 Å². The van der Waals surface area contributed by atoms with Crippen LogP contribution in [0.5, 0.6) is 0 Å². The molecule has 0 saturated heterocycles. The van der Waals surface area contributed by atoms with Gasteiger partial charge in [-0.15, -0.1) is 0 Å². The first-order chi connectivity index (χ1) is 13.2. The average molecular weight is 352 g/mol. The Morgan fingerprint density at radius 1 is 1.19 bits per heavy atom. The number of carbonyl (C=O) groups excluding carboxylic acids is 1. The van der Waals surface area contributed by atoms with Crippen LogP contribution in [0.25, 0.3) is 33.3 Å². The molecule has 0 radical (unpaired) electrons. The topological polar surface area (TPSA) is 81.6 Å². The maximum atomic E-state index is 11.4. The summed E-state index contributed by atoms with van der Waals surface area (Å²) >= 11 is 0. The highest BCUT2D eigenvalue weighted by Gasteiger charge is 2.12. The van der Waals surface area contributed by atoms with Gasteiger partial charge in [-0.25, -0.2) is 0 Å². The fourth-order valence-electron chi connectivity index (χ4n) is 3.27. The van der Waals surface area contributed by atoms with Crippen molar-refractivity contribution in [2.45, 2.75) is 6.92 Å². The molecule has 5 heteroatoms. The number of anilines is 1. The van der Waals surface area contributed by atoms with Crippen LogP contribution in [0.4, 0.5) is 5.69 Å². The minimum absolute atomic E-state index is 0.140. The number of carbonyl (C=O) groups is 1. The monoisotopic (exact) mass is 352 g/mol. The minimum Gasteiger partial charge on any atom is -0.359 e. The fourth-order valence-corrected chi connectivity index (χ4v) is 3.27. The number of para-hydroxylation sites is 1. The summed E-state index contributed by atoms with van der Waals surface area (Å²) in [4.78, 5) is 18.8. The number of rotatable bonds is 3. The Kier molecular flexibility index (Phi) is 4.15. The molecule has 0 aliphatic rings. The van der Waals surface area contributed by atoms with Crippen molar-refractivity contribution in [3.63, 3.8) is 0 Å². The first-order valence-corrected chi connectivity index (χ1v) is 8.50. The second kappa shape index (κ2) is 6.77. The van der Waals surface area contributed by atoms with E-state index in [1.807, 2.05) is 54.7 Å². The van der Waals surface area contributed by atoms with Crippen LogP contribution in [0.3, 0.4) is 0 Å². The van der Waals surface area contributed by atoms with Gasteiger partial charge < -0.3 is 10.3 Å². The number of nitrogens with zero attached hydrogens (tertiary/aromatic N) is 2. The van der Waals surface area contributed by atoms with Crippen molar-refractivity contribution in [2.24, 2.45) is 0 Å². The Balaban J connectivity index is 1.87. The molecular formula is C22H16N4O. The molecule has 130 valence electrons. The molecule has 5 nitrogen and oxygen atoms in total. The maximum absolute atomic E-state index is 11.4. The molecule has 0 aliphatic carbocycles. The number of nitrogens with one attached hydrogen (secondary N) is 2. The van der Waals surface area contributed by atoms with E-state index in [9.17, 15) is 10.1 Å². The number of pyridine rings is 1. The molecular weight excluding hydrogens is 336 g/mol. The molecule has 0 fully saturated rings. The summed E-state index contributed by atoms with van der Waals surface area (Å²) in [5, 5.41) is 15.6. The normalized spacial score (nSPS) is 11.5. The largest absolute Gasteiger partial charge is 0.359 e. The molecule has 0 spiro atoms. The van der Waals surface area contributed by atoms with Crippen molar-refractivity contribution >= 4 is 44.9 Å². The van der Waals surface area contributed by atoms with Crippen molar-refractivity contribution in [3.05, 3.63) is 72.2 Å². The lowest BCUT2D eigenvalue weighted by Crippen LogP contribution is -2.05. The Morgan fingerprint density at radius 2 is 2.04 bits per heavy atom. The van der Waals surface area contributed by atoms with Gasteiger partial charge in [0, 0.05) is 41.9 Å². The van der Waals surface area contributed by atoms with Gasteiger partial charge in [-0.05, 0) is 29.2 Å². The third kappa shape index (κ3) is 3.05. The number of H-pyrrole nitrogens is 1. The lowest BCUT2D eigenvalue weighted by Gasteiger charge is -2.05. The first kappa shape index (κ1) is 16.6. The lowest BCUT2D eigenvalue weighted by atomic mass is 10.00. The zero-order valence-electron chi connectivity index (χ0n) is 14.7. The van der Waals surface area contributed by atoms with Gasteiger partial charge in [0.25, 0.3) is 0 Å². The third-order valence-corrected chi connectivity index (χ3v) is 4.45. The van der Waals surface area contributed by atoms with E-state index in [2.05, 4.69) is 21.4 Å². The van der Waals surface area contributed by atoms with Crippen LogP contribution in [0.15, 0.2) is 61.1 Å². The van der Waals surface area contributed by atoms with E-state index >= 15 is 0 Å². The van der Waals surface area contributed by atoms with Gasteiger partial charge in [0.2, 0.25) is 5.91 Å². The van der Waals surface area contributed by atoms with E-state index < -0.39 is 0 Å². The lowest BCUT2D eigenvalue weighted by molar-refractivity contribution is -0.114. The molecule has 0 aliphatic heterocycles. The number of aromatic amines is 1. The van der Waals surface area contributed by atoms with Crippen molar-refractivity contribution in [3.8, 4) is 6.07 Å². The Hall–Kier alpha value is -3.91. The molecule has 27 heavy (non-hydrogen) atoms. The Morgan fingerprint density at radius 3 is 2.85 bits per heavy atom. The van der Waals surface area contributed by atoms with E-state index in [-0.39, 0.29) is 5.91 Å². The van der Waals surface area contributed by atoms with E-state index in [0.717, 1.165) is 32.8 Å². The Bertz CT molecular complexity index is 1240. The van der Waals surface area contributed by atoms with Crippen molar-refractivity contribution in [2.75, 3.05) is 5.32 Å². The number of hydrogen-bond acceptors (Lipinski definition) is 3. The number of fused-ring (bicyclic) bond motifs is 2. The van der Waals surface area contributed by atoms with Gasteiger partial charge in [0.05, 0.1) is 22.8 Å². The van der Waals surface area contributed by atoms with Gasteiger partial charge in [-0.2, -0.15) is 5.26 Å². The Labute approximate surface area is 156 Å². The molecule has 0 bridgehead atoms. The summed E-state index contributed by atoms with van der Waals surface area (Å²) in [5.74, 6) is -0.140. The summed E-state index contributed by atoms with van der Waals surface area (Å²) in [6.07, 6.45) is 7.25. The predicted octanol–water partition coefficient (Wildman–Crippen LogP) is 4.74. The highest BCUT2D eigenvalue weighted by molar-refractivity contribution is 6.08. The molecule has 0 atom stereocenters. The summed E-state index contributed by atoms with van der Waals surface area (Å²) in [7, 11) is 0. The molecule has 4 rings (SSSR count). The average Bonchev–Trinajstić information content (AvgIpc) is 3.11. The van der Waals surface area contributed by atoms with Crippen LogP contribution in [0.2, 0.25) is 0 Å². The van der Waals surface area contributed by atoms with Crippen molar-refractivity contribution in [1.82, 2.24) is 9.97 Å². The van der Waals surface area contributed by atoms with Gasteiger partial charge in [-0.3, -0.25) is 9.78 Å². The molecule has 0 unspecified atom stereocenters. The van der Waals surface area contributed by atoms with Crippen LogP contribution in [-0.2, 0) is 4.79 Å². The second-order valence-electron chi connectivity index (χ2n) is 6.23. The van der Waals surface area contributed by atoms with Gasteiger partial charge in [-0.1, -0.05) is 30.3 Å². The number of benzene rings is 2. The molecule has 2 aromatic heterocycles. The molecule has 0 saturated carbocycles. The van der Waals surface area contributed by atoms with Gasteiger partial charge in [0.15, 0.2) is 0 Å². The molecule has 1 amide bonds. The first-order valence-electron chi connectivity index (χ1n) is 8.50. The van der Waals surface area contributed by atoms with Crippen molar-refractivity contribution < 1.29 is 4.79 Å². The van der Waals surface area contributed by atoms with Crippen LogP contribution < -0.4 is 5.32 Å². The quantitative estimate of drug-likeness (QED) is 0.523. The summed E-state index contributed by atoms with van der Waals surface area (Å²) in [6.45, 7) is 1.47. The van der Waals surface area contributed by atoms with Crippen LogP contribution in [0.1, 0.15) is 18.1 Å². The predicted molar refractivity (Wildman–Crippen MR) is 108 cm³/mol. The van der Waals surface area contributed by atoms with Crippen LogP contribution in [-0.4, -0.2) is 15.9 Å². The standard InChI is InChI=1S/C22H16N4O/c1-14(27)26-21-7-3-6-19-20(13-25-22(19)21)17(11-23)10-15-4-2-5-16-12-24-9-8-18(15)16/h2-10,12-13,25H,1H3,(H,26,27)/b17-10+. The molecule has 2 heterocycles. The van der Waals surface area contributed by atoms with E-state index in [4.69, 9.17) is 0 Å². The number of allylic oxidation sites excluding steroid dienone is 1. The molecule has 4 aromatic rings. The van der Waals surface area contributed by atoms with Crippen LogP contribution >= 0.6 is 0 Å². The van der Waals surface area contributed by atoms with Crippen molar-refractivity contribution in [1.29, 1.82) is 5.26 Å². The number of hydrogen-bond donors (Lipinski definition) is 2. The fraction of sp³-hybridized carbons (Fsp3) is 0.0455. The minimum atomic E-state index is -0.140. The molecule has 2 aromatic carbocycles. The highest BCUT2D eigenvalue weighted by Crippen LogP contribution is 2.31. The highest BCUT2D eigenvalue weighted by atomic mass is 16.1. The molecule has 2 N–H and O–H groups in total. The summed E-state index contributed by atoms with van der Waals surface area (Å²) in [5.41, 5.74) is 3.79. The smallest absolute Gasteiger partial charge is 0.221 e. The summed E-state index contributed by atoms with van der Waals surface area (Å²) < 4.78 is 0. The number of amides is 1. The zero-order valence-corrected chi connectivity index (χ0v) is 14.7. The van der Waals surface area contributed by atoms with Gasteiger partial charge in [0.1, 0.15) is 0 Å². The zero-order chi connectivity index (χ0) is 18.8. The SMILES string of the molecule is CC(=O)Nc1cccc2c(/C(C#N)=C/c3cccc4cnccc34)c[nH]c12. The van der Waals surface area contributed by atoms with Crippen LogP contribution in [0, 0.1) is 11.3 Å². The maximum Gasteiger partial charge on any atom is 0.221 e. The van der Waals surface area contributed by atoms with Gasteiger partial charge >= 0.3 is 0 Å². The van der Waals surface area contributed by atoms with E-state index in [0.29, 0.717) is 11.3 Å². The third-order valence-electron chi connectivity index (χ3n) is 4.45. The van der Waals surface area contributed by atoms with E-state index in [1.54, 1.807) is 12.4 Å². The number of nitriles is 1. The number of aromatic nitrogens is 2.